The molecule has 224 valence electrons. The molecule has 0 amide bonds. The van der Waals surface area contributed by atoms with E-state index in [1.54, 1.807) is 18.5 Å². The Morgan fingerprint density at radius 1 is 0.523 bits per heavy atom. The summed E-state index contributed by atoms with van der Waals surface area (Å²) in [6.07, 6.45) is 3.47. The van der Waals surface area contributed by atoms with Gasteiger partial charge in [-0.05, 0) is 94.1 Å². The highest BCUT2D eigenvalue weighted by Gasteiger charge is 1.99. The minimum Gasteiger partial charge on any atom is -0.255 e. The van der Waals surface area contributed by atoms with Crippen molar-refractivity contribution in [3.63, 3.8) is 0 Å². The fourth-order valence-corrected chi connectivity index (χ4v) is 5.97. The quantitative estimate of drug-likeness (QED) is 0.150. The number of nitrogens with zero attached hydrogens (tertiary/aromatic N) is 3. The van der Waals surface area contributed by atoms with Gasteiger partial charge in [-0.25, -0.2) is 4.98 Å². The van der Waals surface area contributed by atoms with Crippen LogP contribution in [0.3, 0.4) is 0 Å². The fourth-order valence-electron chi connectivity index (χ4n) is 4.21. The highest BCUT2D eigenvalue weighted by molar-refractivity contribution is 7.16. The van der Waals surface area contributed by atoms with Crippen LogP contribution in [0, 0.1) is 34.6 Å². The summed E-state index contributed by atoms with van der Waals surface area (Å²) in [4.78, 5) is 13.7. The van der Waals surface area contributed by atoms with Crippen molar-refractivity contribution >= 4 is 90.3 Å². The minimum absolute atomic E-state index is 0.548. The van der Waals surface area contributed by atoms with Crippen molar-refractivity contribution in [2.24, 2.45) is 0 Å². The number of halogens is 4. The van der Waals surface area contributed by atoms with Crippen LogP contribution in [-0.4, -0.2) is 15.0 Å². The number of pyridine rings is 3. The molecular formula is C36H31Cl4N3S. The van der Waals surface area contributed by atoms with E-state index in [4.69, 9.17) is 46.4 Å². The van der Waals surface area contributed by atoms with Gasteiger partial charge in [-0.2, -0.15) is 0 Å². The average Bonchev–Trinajstić information content (AvgIpc) is 3.28. The highest BCUT2D eigenvalue weighted by atomic mass is 35.5. The second-order valence-electron chi connectivity index (χ2n) is 10.3. The molecule has 7 aromatic rings. The Labute approximate surface area is 282 Å². The summed E-state index contributed by atoms with van der Waals surface area (Å²) in [7, 11) is 0. The van der Waals surface area contributed by atoms with Crippen LogP contribution in [0.25, 0.3) is 32.6 Å². The van der Waals surface area contributed by atoms with Crippen molar-refractivity contribution in [3.05, 3.63) is 144 Å². The van der Waals surface area contributed by atoms with Crippen LogP contribution >= 0.6 is 57.7 Å². The molecule has 7 rings (SSSR count). The maximum Gasteiger partial charge on any atom is 0.129 e. The summed E-state index contributed by atoms with van der Waals surface area (Å²) in [6.45, 7) is 10.2. The van der Waals surface area contributed by atoms with Gasteiger partial charge in [-0.1, -0.05) is 93.9 Å². The van der Waals surface area contributed by atoms with Crippen molar-refractivity contribution in [1.82, 2.24) is 15.0 Å². The van der Waals surface area contributed by atoms with Gasteiger partial charge in [0.1, 0.15) is 5.15 Å². The first kappa shape index (κ1) is 33.6. The molecule has 4 heterocycles. The van der Waals surface area contributed by atoms with E-state index >= 15 is 0 Å². The molecule has 0 aliphatic rings. The smallest absolute Gasteiger partial charge is 0.129 e. The van der Waals surface area contributed by atoms with E-state index in [1.807, 2.05) is 44.2 Å². The lowest BCUT2D eigenvalue weighted by atomic mass is 10.1. The van der Waals surface area contributed by atoms with E-state index in [1.165, 1.54) is 33.4 Å². The van der Waals surface area contributed by atoms with Crippen LogP contribution in [0.1, 0.15) is 27.3 Å². The minimum atomic E-state index is 0.548. The SMILES string of the molecule is Cc1ccc2cc(Cl)cnc2c1.Cc1ccc2cc(Cl)ncc2c1.Cc1ccc2nc(C)ccc2c1.Cc1sc(Cl)cc1Cl. The molecule has 4 aromatic heterocycles. The van der Waals surface area contributed by atoms with Gasteiger partial charge in [0.2, 0.25) is 0 Å². The number of aromatic nitrogens is 3. The Bertz CT molecular complexity index is 1700. The first-order chi connectivity index (χ1) is 21.0. The summed E-state index contributed by atoms with van der Waals surface area (Å²) < 4.78 is 0.757. The molecule has 0 radical (unpaired) electrons. The lowest BCUT2D eigenvalue weighted by Crippen LogP contribution is -1.82. The first-order valence-corrected chi connectivity index (χ1v) is 16.1. The first-order valence-electron chi connectivity index (χ1n) is 13.8. The Hall–Kier alpha value is -3.25. The Morgan fingerprint density at radius 3 is 1.80 bits per heavy atom. The zero-order valence-electron chi connectivity index (χ0n) is 25.0. The highest BCUT2D eigenvalue weighted by Crippen LogP contribution is 2.29. The van der Waals surface area contributed by atoms with E-state index in [2.05, 4.69) is 84.3 Å². The molecule has 0 saturated heterocycles. The number of rotatable bonds is 0. The summed E-state index contributed by atoms with van der Waals surface area (Å²) in [5, 5.41) is 6.59. The monoisotopic (exact) mass is 677 g/mol. The molecule has 0 atom stereocenters. The normalized spacial score (nSPS) is 10.4. The van der Waals surface area contributed by atoms with Crippen molar-refractivity contribution in [3.8, 4) is 0 Å². The fraction of sp³-hybridized carbons (Fsp3) is 0.139. The lowest BCUT2D eigenvalue weighted by molar-refractivity contribution is 1.25. The van der Waals surface area contributed by atoms with Gasteiger partial charge in [0.05, 0.1) is 25.4 Å². The lowest BCUT2D eigenvalue weighted by Gasteiger charge is -1.99. The Morgan fingerprint density at radius 2 is 1.14 bits per heavy atom. The second kappa shape index (κ2) is 15.7. The standard InChI is InChI=1S/C11H11N.2C10H8ClN.C5H4Cl2S/c1-8-3-6-11-10(7-8)5-4-9(2)12-11;1-7-2-3-8-5-9(11)6-12-10(8)4-7;1-7-2-3-8-5-10(11)12-6-9(8)4-7;1-3-4(6)2-5(7)8-3/h3-7H,1-2H3;2*2-6H,1H3;2H,1H3. The molecule has 0 spiro atoms. The molecule has 0 unspecified atom stereocenters. The number of thiophene rings is 1. The maximum atomic E-state index is 5.80. The largest absolute Gasteiger partial charge is 0.255 e. The zero-order valence-corrected chi connectivity index (χ0v) is 28.8. The van der Waals surface area contributed by atoms with Gasteiger partial charge < -0.3 is 0 Å². The van der Waals surface area contributed by atoms with Crippen molar-refractivity contribution in [1.29, 1.82) is 0 Å². The zero-order chi connectivity index (χ0) is 31.8. The van der Waals surface area contributed by atoms with Crippen LogP contribution in [0.2, 0.25) is 19.5 Å². The molecule has 8 heteroatoms. The third-order valence-electron chi connectivity index (χ3n) is 6.46. The summed E-state index contributed by atoms with van der Waals surface area (Å²) >= 11 is 24.3. The molecule has 44 heavy (non-hydrogen) atoms. The predicted molar refractivity (Wildman–Crippen MR) is 193 cm³/mol. The van der Waals surface area contributed by atoms with Gasteiger partial charge in [0.15, 0.2) is 0 Å². The van der Waals surface area contributed by atoms with E-state index in [-0.39, 0.29) is 0 Å². The number of fused-ring (bicyclic) bond motifs is 3. The van der Waals surface area contributed by atoms with Crippen LogP contribution in [0.4, 0.5) is 0 Å². The average molecular weight is 680 g/mol. The van der Waals surface area contributed by atoms with E-state index in [0.29, 0.717) is 10.2 Å². The predicted octanol–water partition coefficient (Wildman–Crippen LogP) is 12.6. The number of hydrogen-bond donors (Lipinski definition) is 0. The Balaban J connectivity index is 0.000000135. The maximum absolute atomic E-state index is 5.80. The molecular weight excluding hydrogens is 648 g/mol. The summed E-state index contributed by atoms with van der Waals surface area (Å²) in [6, 6.07) is 28.4. The molecule has 0 aliphatic carbocycles. The van der Waals surface area contributed by atoms with Gasteiger partial charge in [-0.15, -0.1) is 11.3 Å². The van der Waals surface area contributed by atoms with Gasteiger partial charge in [0.25, 0.3) is 0 Å². The molecule has 3 nitrogen and oxygen atoms in total. The van der Waals surface area contributed by atoms with Gasteiger partial charge in [0, 0.05) is 39.1 Å². The number of benzene rings is 3. The molecule has 0 N–H and O–H groups in total. The third kappa shape index (κ3) is 9.88. The molecule has 0 bridgehead atoms. The van der Waals surface area contributed by atoms with E-state index in [9.17, 15) is 0 Å². The van der Waals surface area contributed by atoms with Crippen molar-refractivity contribution in [2.75, 3.05) is 0 Å². The van der Waals surface area contributed by atoms with Gasteiger partial charge in [-0.3, -0.25) is 9.97 Å². The molecule has 0 fully saturated rings. The van der Waals surface area contributed by atoms with Gasteiger partial charge >= 0.3 is 0 Å². The van der Waals surface area contributed by atoms with Crippen molar-refractivity contribution in [2.45, 2.75) is 34.6 Å². The summed E-state index contributed by atoms with van der Waals surface area (Å²) in [5.74, 6) is 0. The van der Waals surface area contributed by atoms with Crippen LogP contribution < -0.4 is 0 Å². The molecule has 0 aliphatic heterocycles. The van der Waals surface area contributed by atoms with Crippen LogP contribution in [0.5, 0.6) is 0 Å². The van der Waals surface area contributed by atoms with Crippen LogP contribution in [-0.2, 0) is 0 Å². The third-order valence-corrected chi connectivity index (χ3v) is 8.56. The van der Waals surface area contributed by atoms with E-state index in [0.717, 1.165) is 47.1 Å². The molecule has 0 saturated carbocycles. The second-order valence-corrected chi connectivity index (χ2v) is 13.4. The van der Waals surface area contributed by atoms with Crippen molar-refractivity contribution < 1.29 is 0 Å². The van der Waals surface area contributed by atoms with E-state index < -0.39 is 0 Å². The van der Waals surface area contributed by atoms with Crippen LogP contribution in [0.15, 0.2) is 97.3 Å². The number of hydrogen-bond acceptors (Lipinski definition) is 4. The topological polar surface area (TPSA) is 38.7 Å². The molecule has 3 aromatic carbocycles. The number of aryl methyl sites for hydroxylation is 5. The summed E-state index contributed by atoms with van der Waals surface area (Å²) in [5.41, 5.74) is 6.91. The Kier molecular flexibility index (Phi) is 12.0.